The maximum atomic E-state index is 12.8. The monoisotopic (exact) mass is 387 g/mol. The number of nitrogens with zero attached hydrogens (tertiary/aromatic N) is 2. The van der Waals surface area contributed by atoms with E-state index in [1.807, 2.05) is 31.2 Å². The number of hydrogen-bond donors (Lipinski definition) is 1. The average molecular weight is 388 g/mol. The maximum Gasteiger partial charge on any atom is 0.322 e. The summed E-state index contributed by atoms with van der Waals surface area (Å²) in [6.45, 7) is 5.12. The van der Waals surface area contributed by atoms with Gasteiger partial charge in [-0.2, -0.15) is 0 Å². The first-order chi connectivity index (χ1) is 13.0. The molecule has 1 aliphatic heterocycles. The summed E-state index contributed by atoms with van der Waals surface area (Å²) in [6, 6.07) is 13.4. The second-order valence-electron chi connectivity index (χ2n) is 6.23. The summed E-state index contributed by atoms with van der Waals surface area (Å²) in [5.41, 5.74) is 1.39. The second-order valence-corrected chi connectivity index (χ2v) is 6.66. The second kappa shape index (κ2) is 8.31. The van der Waals surface area contributed by atoms with Gasteiger partial charge in [-0.1, -0.05) is 17.7 Å². The van der Waals surface area contributed by atoms with Crippen molar-refractivity contribution >= 4 is 34.9 Å². The number of ether oxygens (including phenoxy) is 1. The Kier molecular flexibility index (Phi) is 5.86. The van der Waals surface area contributed by atoms with Crippen molar-refractivity contribution in [3.05, 3.63) is 53.6 Å². The molecular weight excluding hydrogens is 366 g/mol. The molecule has 2 aromatic rings. The Morgan fingerprint density at radius 3 is 2.63 bits per heavy atom. The van der Waals surface area contributed by atoms with Gasteiger partial charge in [-0.25, -0.2) is 4.79 Å². The van der Waals surface area contributed by atoms with Gasteiger partial charge in [-0.3, -0.25) is 4.79 Å². The van der Waals surface area contributed by atoms with Crippen molar-refractivity contribution in [1.82, 2.24) is 4.90 Å². The summed E-state index contributed by atoms with van der Waals surface area (Å²) in [5.74, 6) is 0.646. The van der Waals surface area contributed by atoms with Gasteiger partial charge in [0, 0.05) is 29.5 Å². The molecule has 3 amide bonds. The van der Waals surface area contributed by atoms with Crippen molar-refractivity contribution < 1.29 is 14.3 Å². The molecule has 6 nitrogen and oxygen atoms in total. The number of benzene rings is 2. The molecule has 0 spiro atoms. The topological polar surface area (TPSA) is 61.9 Å². The van der Waals surface area contributed by atoms with E-state index in [1.165, 1.54) is 4.90 Å². The van der Waals surface area contributed by atoms with Crippen LogP contribution < -0.4 is 15.0 Å². The number of amides is 3. The molecule has 0 aliphatic carbocycles. The van der Waals surface area contributed by atoms with Crippen molar-refractivity contribution in [3.63, 3.8) is 0 Å². The molecule has 0 saturated carbocycles. The third-order valence-electron chi connectivity index (χ3n) is 4.45. The standard InChI is InChI=1S/C20H22ClN3O3/c1-3-27-18-9-7-17(8-10-18)24-12-11-23(14(2)19(24)25)20(26)22-16-6-4-5-15(21)13-16/h4-10,13-14H,3,11-12H2,1-2H3,(H,22,26). The summed E-state index contributed by atoms with van der Waals surface area (Å²) in [5, 5.41) is 3.33. The number of anilines is 2. The van der Waals surface area contributed by atoms with Crippen LogP contribution in [0.1, 0.15) is 13.8 Å². The van der Waals surface area contributed by atoms with Crippen molar-refractivity contribution in [2.45, 2.75) is 19.9 Å². The van der Waals surface area contributed by atoms with E-state index < -0.39 is 6.04 Å². The molecule has 1 unspecified atom stereocenters. The SMILES string of the molecule is CCOc1ccc(N2CCN(C(=O)Nc3cccc(Cl)c3)C(C)C2=O)cc1. The van der Waals surface area contributed by atoms with Gasteiger partial charge >= 0.3 is 6.03 Å². The first-order valence-electron chi connectivity index (χ1n) is 8.87. The van der Waals surface area contributed by atoms with Crippen molar-refractivity contribution in [2.75, 3.05) is 29.9 Å². The van der Waals surface area contributed by atoms with Gasteiger partial charge in [0.1, 0.15) is 11.8 Å². The number of halogens is 1. The van der Waals surface area contributed by atoms with Crippen LogP contribution in [-0.2, 0) is 4.79 Å². The lowest BCUT2D eigenvalue weighted by atomic mass is 10.1. The fourth-order valence-corrected chi connectivity index (χ4v) is 3.24. The first-order valence-corrected chi connectivity index (χ1v) is 9.25. The zero-order valence-corrected chi connectivity index (χ0v) is 16.1. The lowest BCUT2D eigenvalue weighted by molar-refractivity contribution is -0.123. The smallest absolute Gasteiger partial charge is 0.322 e. The van der Waals surface area contributed by atoms with Crippen LogP contribution in [0.4, 0.5) is 16.2 Å². The van der Waals surface area contributed by atoms with Crippen LogP contribution in [0.15, 0.2) is 48.5 Å². The van der Waals surface area contributed by atoms with Crippen molar-refractivity contribution in [3.8, 4) is 5.75 Å². The summed E-state index contributed by atoms with van der Waals surface area (Å²) < 4.78 is 5.44. The Balaban J connectivity index is 1.67. The van der Waals surface area contributed by atoms with Crippen LogP contribution in [0.3, 0.4) is 0 Å². The van der Waals surface area contributed by atoms with Crippen LogP contribution in [-0.4, -0.2) is 42.6 Å². The number of carbonyl (C=O) groups excluding carboxylic acids is 2. The number of urea groups is 1. The number of carbonyl (C=O) groups is 2. The lowest BCUT2D eigenvalue weighted by Gasteiger charge is -2.39. The molecule has 0 aromatic heterocycles. The van der Waals surface area contributed by atoms with E-state index in [0.717, 1.165) is 11.4 Å². The summed E-state index contributed by atoms with van der Waals surface area (Å²) in [6.07, 6.45) is 0. The van der Waals surface area contributed by atoms with Gasteiger partial charge in [-0.05, 0) is 56.3 Å². The van der Waals surface area contributed by atoms with Crippen LogP contribution >= 0.6 is 11.6 Å². The quantitative estimate of drug-likeness (QED) is 0.862. The van der Waals surface area contributed by atoms with Gasteiger partial charge in [-0.15, -0.1) is 0 Å². The van der Waals surface area contributed by atoms with Gasteiger partial charge in [0.2, 0.25) is 5.91 Å². The molecule has 1 saturated heterocycles. The number of rotatable bonds is 4. The zero-order valence-electron chi connectivity index (χ0n) is 15.3. The molecule has 0 radical (unpaired) electrons. The van der Waals surface area contributed by atoms with E-state index in [4.69, 9.17) is 16.3 Å². The van der Waals surface area contributed by atoms with Crippen LogP contribution in [0.2, 0.25) is 5.02 Å². The van der Waals surface area contributed by atoms with Crippen LogP contribution in [0, 0.1) is 0 Å². The van der Waals surface area contributed by atoms with Crippen LogP contribution in [0.25, 0.3) is 0 Å². The molecule has 142 valence electrons. The van der Waals surface area contributed by atoms with E-state index >= 15 is 0 Å². The number of piperazine rings is 1. The molecule has 3 rings (SSSR count). The zero-order chi connectivity index (χ0) is 19.4. The van der Waals surface area contributed by atoms with Crippen LogP contribution in [0.5, 0.6) is 5.75 Å². The molecule has 1 aliphatic rings. The van der Waals surface area contributed by atoms with Gasteiger partial charge in [0.25, 0.3) is 0 Å². The van der Waals surface area contributed by atoms with E-state index in [-0.39, 0.29) is 11.9 Å². The normalized spacial score (nSPS) is 17.0. The van der Waals surface area contributed by atoms with Crippen molar-refractivity contribution in [2.24, 2.45) is 0 Å². The molecule has 1 fully saturated rings. The number of hydrogen-bond acceptors (Lipinski definition) is 3. The van der Waals surface area contributed by atoms with Gasteiger partial charge in [0.15, 0.2) is 0 Å². The Labute approximate surface area is 163 Å². The Morgan fingerprint density at radius 2 is 1.96 bits per heavy atom. The summed E-state index contributed by atoms with van der Waals surface area (Å²) in [4.78, 5) is 28.6. The Morgan fingerprint density at radius 1 is 1.22 bits per heavy atom. The molecule has 1 heterocycles. The minimum absolute atomic E-state index is 0.119. The van der Waals surface area contributed by atoms with E-state index in [2.05, 4.69) is 5.32 Å². The molecular formula is C20H22ClN3O3. The highest BCUT2D eigenvalue weighted by Crippen LogP contribution is 2.24. The fourth-order valence-electron chi connectivity index (χ4n) is 3.05. The van der Waals surface area contributed by atoms with E-state index in [0.29, 0.717) is 30.4 Å². The van der Waals surface area contributed by atoms with Crippen molar-refractivity contribution in [1.29, 1.82) is 0 Å². The molecule has 27 heavy (non-hydrogen) atoms. The summed E-state index contributed by atoms with van der Waals surface area (Å²) in [7, 11) is 0. The van der Waals surface area contributed by atoms with Gasteiger partial charge < -0.3 is 19.9 Å². The predicted octanol–water partition coefficient (Wildman–Crippen LogP) is 4.01. The average Bonchev–Trinajstić information content (AvgIpc) is 2.65. The van der Waals surface area contributed by atoms with E-state index in [9.17, 15) is 9.59 Å². The first kappa shape index (κ1) is 19.0. The summed E-state index contributed by atoms with van der Waals surface area (Å²) >= 11 is 5.95. The molecule has 2 aromatic carbocycles. The highest BCUT2D eigenvalue weighted by atomic mass is 35.5. The molecule has 0 bridgehead atoms. The molecule has 1 atom stereocenters. The predicted molar refractivity (Wildman–Crippen MR) is 107 cm³/mol. The minimum atomic E-state index is -0.565. The third kappa shape index (κ3) is 4.34. The third-order valence-corrected chi connectivity index (χ3v) is 4.69. The van der Waals surface area contributed by atoms with E-state index in [1.54, 1.807) is 36.1 Å². The fraction of sp³-hybridized carbons (Fsp3) is 0.300. The minimum Gasteiger partial charge on any atom is -0.494 e. The Bertz CT molecular complexity index is 825. The largest absolute Gasteiger partial charge is 0.494 e. The lowest BCUT2D eigenvalue weighted by Crippen LogP contribution is -2.58. The Hall–Kier alpha value is -2.73. The highest BCUT2D eigenvalue weighted by molar-refractivity contribution is 6.30. The molecule has 7 heteroatoms. The highest BCUT2D eigenvalue weighted by Gasteiger charge is 2.35. The number of nitrogens with one attached hydrogen (secondary N) is 1. The van der Waals surface area contributed by atoms with Gasteiger partial charge in [0.05, 0.1) is 6.61 Å². The maximum absolute atomic E-state index is 12.8. The molecule has 1 N–H and O–H groups in total.